The largest absolute Gasteiger partial charge is 0.497 e. The molecule has 1 aromatic heterocycles. The second-order valence-corrected chi connectivity index (χ2v) is 7.11. The molecule has 5 nitrogen and oxygen atoms in total. The first-order chi connectivity index (χ1) is 14.3. The molecule has 158 valence electrons. The van der Waals surface area contributed by atoms with Gasteiger partial charge in [0.05, 0.1) is 26.3 Å². The van der Waals surface area contributed by atoms with Gasteiger partial charge >= 0.3 is 6.18 Å². The summed E-state index contributed by atoms with van der Waals surface area (Å²) >= 11 is 0.994. The maximum absolute atomic E-state index is 13.7. The summed E-state index contributed by atoms with van der Waals surface area (Å²) in [5.74, 6) is 0.289. The van der Waals surface area contributed by atoms with Gasteiger partial charge in [-0.15, -0.1) is 0 Å². The zero-order valence-electron chi connectivity index (χ0n) is 16.0. The molecule has 3 aromatic rings. The minimum Gasteiger partial charge on any atom is -0.497 e. The van der Waals surface area contributed by atoms with E-state index in [2.05, 4.69) is 9.97 Å². The standard InChI is InChI=1S/C20H17F4N3O2S/c1-28-14-4-3-13(18(9-14)29-2)11-27(19-7-8-25-12-26-19)30-15-5-6-17(21)16(10-15)20(22,23)24/h3-10,12H,11H2,1-2H3. The number of ether oxygens (including phenoxy) is 2. The third kappa shape index (κ3) is 5.12. The van der Waals surface area contributed by atoms with Crippen molar-refractivity contribution in [2.24, 2.45) is 0 Å². The lowest BCUT2D eigenvalue weighted by Gasteiger charge is -2.23. The molecule has 0 saturated heterocycles. The molecule has 0 bridgehead atoms. The van der Waals surface area contributed by atoms with Gasteiger partial charge < -0.3 is 9.47 Å². The third-order valence-corrected chi connectivity index (χ3v) is 5.09. The lowest BCUT2D eigenvalue weighted by molar-refractivity contribution is -0.140. The molecular formula is C20H17F4N3O2S. The summed E-state index contributed by atoms with van der Waals surface area (Å²) in [6.45, 7) is 0.244. The highest BCUT2D eigenvalue weighted by atomic mass is 32.2. The van der Waals surface area contributed by atoms with Crippen LogP contribution in [0.1, 0.15) is 11.1 Å². The number of nitrogens with zero attached hydrogens (tertiary/aromatic N) is 3. The van der Waals surface area contributed by atoms with Crippen LogP contribution in [0.5, 0.6) is 11.5 Å². The normalized spacial score (nSPS) is 11.3. The predicted molar refractivity (Wildman–Crippen MR) is 105 cm³/mol. The van der Waals surface area contributed by atoms with Crippen LogP contribution in [0.2, 0.25) is 0 Å². The van der Waals surface area contributed by atoms with E-state index in [1.165, 1.54) is 32.8 Å². The quantitative estimate of drug-likeness (QED) is 0.365. The number of hydrogen-bond donors (Lipinski definition) is 0. The summed E-state index contributed by atoms with van der Waals surface area (Å²) in [5, 5.41) is 0. The maximum Gasteiger partial charge on any atom is 0.419 e. The lowest BCUT2D eigenvalue weighted by atomic mass is 10.2. The number of alkyl halides is 3. The third-order valence-electron chi connectivity index (χ3n) is 4.09. The molecule has 0 atom stereocenters. The highest BCUT2D eigenvalue weighted by Crippen LogP contribution is 2.37. The van der Waals surface area contributed by atoms with Crippen molar-refractivity contribution in [2.75, 3.05) is 18.5 Å². The van der Waals surface area contributed by atoms with Crippen LogP contribution >= 0.6 is 11.9 Å². The van der Waals surface area contributed by atoms with E-state index in [0.717, 1.165) is 29.6 Å². The number of aromatic nitrogens is 2. The molecule has 2 aromatic carbocycles. The molecule has 0 amide bonds. The molecule has 0 aliphatic carbocycles. The summed E-state index contributed by atoms with van der Waals surface area (Å²) in [6.07, 6.45) is -1.94. The summed E-state index contributed by atoms with van der Waals surface area (Å²) < 4.78 is 65.2. The Morgan fingerprint density at radius 2 is 1.83 bits per heavy atom. The van der Waals surface area contributed by atoms with Crippen LogP contribution in [0.4, 0.5) is 23.4 Å². The molecule has 10 heteroatoms. The Bertz CT molecular complexity index is 1000. The first-order valence-corrected chi connectivity index (χ1v) is 9.38. The first kappa shape index (κ1) is 21.7. The number of benzene rings is 2. The molecule has 0 aliphatic heterocycles. The van der Waals surface area contributed by atoms with Gasteiger partial charge in [-0.25, -0.2) is 14.4 Å². The zero-order chi connectivity index (χ0) is 21.7. The molecule has 0 spiro atoms. The Kier molecular flexibility index (Phi) is 6.66. The molecule has 0 fully saturated rings. The van der Waals surface area contributed by atoms with Gasteiger partial charge in [-0.3, -0.25) is 4.31 Å². The van der Waals surface area contributed by atoms with E-state index in [1.54, 1.807) is 28.6 Å². The van der Waals surface area contributed by atoms with Gasteiger partial charge in [0.15, 0.2) is 0 Å². The second kappa shape index (κ2) is 9.21. The van der Waals surface area contributed by atoms with Gasteiger partial charge in [0.1, 0.15) is 29.5 Å². The fourth-order valence-electron chi connectivity index (χ4n) is 2.63. The summed E-state index contributed by atoms with van der Waals surface area (Å²) in [6, 6.07) is 9.74. The van der Waals surface area contributed by atoms with Gasteiger partial charge in [0, 0.05) is 22.7 Å². The van der Waals surface area contributed by atoms with E-state index in [0.29, 0.717) is 17.3 Å². The SMILES string of the molecule is COc1ccc(CN(Sc2ccc(F)c(C(F)(F)F)c2)c2ccncn2)c(OC)c1. The molecule has 0 saturated carbocycles. The van der Waals surface area contributed by atoms with Crippen LogP contribution in [-0.2, 0) is 12.7 Å². The van der Waals surface area contributed by atoms with E-state index in [-0.39, 0.29) is 11.4 Å². The Morgan fingerprint density at radius 1 is 1.03 bits per heavy atom. The molecule has 0 aliphatic rings. The molecule has 3 rings (SSSR count). The highest BCUT2D eigenvalue weighted by Gasteiger charge is 2.34. The monoisotopic (exact) mass is 439 g/mol. The summed E-state index contributed by atoms with van der Waals surface area (Å²) in [5.41, 5.74) is -0.570. The van der Waals surface area contributed by atoms with Crippen molar-refractivity contribution in [3.05, 3.63) is 71.9 Å². The molecule has 30 heavy (non-hydrogen) atoms. The van der Waals surface area contributed by atoms with E-state index >= 15 is 0 Å². The van der Waals surface area contributed by atoms with Crippen molar-refractivity contribution < 1.29 is 27.0 Å². The predicted octanol–water partition coefficient (Wildman–Crippen LogP) is 5.37. The Hall–Kier alpha value is -3.01. The fourth-order valence-corrected chi connectivity index (χ4v) is 3.59. The van der Waals surface area contributed by atoms with Crippen molar-refractivity contribution in [2.45, 2.75) is 17.6 Å². The van der Waals surface area contributed by atoms with Crippen LogP contribution in [0.15, 0.2) is 59.9 Å². The second-order valence-electron chi connectivity index (χ2n) is 6.01. The fraction of sp³-hybridized carbons (Fsp3) is 0.200. The van der Waals surface area contributed by atoms with E-state index in [4.69, 9.17) is 9.47 Å². The van der Waals surface area contributed by atoms with Gasteiger partial charge in [-0.1, -0.05) is 0 Å². The van der Waals surface area contributed by atoms with Gasteiger partial charge in [0.2, 0.25) is 0 Å². The minimum atomic E-state index is -4.79. The molecule has 0 unspecified atom stereocenters. The van der Waals surface area contributed by atoms with E-state index in [9.17, 15) is 17.6 Å². The van der Waals surface area contributed by atoms with Crippen molar-refractivity contribution in [3.8, 4) is 11.5 Å². The van der Waals surface area contributed by atoms with Crippen LogP contribution in [0.3, 0.4) is 0 Å². The number of anilines is 1. The summed E-state index contributed by atoms with van der Waals surface area (Å²) in [7, 11) is 3.04. The van der Waals surface area contributed by atoms with Crippen molar-refractivity contribution in [3.63, 3.8) is 0 Å². The molecule has 1 heterocycles. The number of rotatable bonds is 7. The first-order valence-electron chi connectivity index (χ1n) is 8.61. The average Bonchev–Trinajstić information content (AvgIpc) is 2.74. The lowest BCUT2D eigenvalue weighted by Crippen LogP contribution is -2.16. The van der Waals surface area contributed by atoms with Crippen molar-refractivity contribution in [1.82, 2.24) is 9.97 Å². The molecular weight excluding hydrogens is 422 g/mol. The Balaban J connectivity index is 1.96. The number of methoxy groups -OCH3 is 2. The van der Waals surface area contributed by atoms with Gasteiger partial charge in [0.25, 0.3) is 0 Å². The topological polar surface area (TPSA) is 47.5 Å². The number of hydrogen-bond acceptors (Lipinski definition) is 6. The van der Waals surface area contributed by atoms with Gasteiger partial charge in [-0.05, 0) is 48.3 Å². The zero-order valence-corrected chi connectivity index (χ0v) is 16.8. The number of halogens is 4. The smallest absolute Gasteiger partial charge is 0.419 e. The Morgan fingerprint density at radius 3 is 2.47 bits per heavy atom. The van der Waals surface area contributed by atoms with Crippen LogP contribution in [0, 0.1) is 5.82 Å². The van der Waals surface area contributed by atoms with Crippen molar-refractivity contribution in [1.29, 1.82) is 0 Å². The van der Waals surface area contributed by atoms with Crippen LogP contribution in [-0.4, -0.2) is 24.2 Å². The molecule has 0 radical (unpaired) electrons. The van der Waals surface area contributed by atoms with E-state index < -0.39 is 17.6 Å². The van der Waals surface area contributed by atoms with Crippen LogP contribution < -0.4 is 13.8 Å². The maximum atomic E-state index is 13.7. The van der Waals surface area contributed by atoms with Crippen molar-refractivity contribution >= 4 is 17.8 Å². The average molecular weight is 439 g/mol. The highest BCUT2D eigenvalue weighted by molar-refractivity contribution is 8.00. The Labute approximate surface area is 174 Å². The molecule has 0 N–H and O–H groups in total. The van der Waals surface area contributed by atoms with Gasteiger partial charge in [-0.2, -0.15) is 13.2 Å². The minimum absolute atomic E-state index is 0.204. The van der Waals surface area contributed by atoms with E-state index in [1.807, 2.05) is 0 Å². The summed E-state index contributed by atoms with van der Waals surface area (Å²) in [4.78, 5) is 8.25. The van der Waals surface area contributed by atoms with Crippen LogP contribution in [0.25, 0.3) is 0 Å².